The largest absolute Gasteiger partial charge is 1.00 e. The first kappa shape index (κ1) is 18.4. The predicted molar refractivity (Wildman–Crippen MR) is 79.4 cm³/mol. The van der Waals surface area contributed by atoms with Crippen molar-refractivity contribution < 1.29 is 44.3 Å². The van der Waals surface area contributed by atoms with Gasteiger partial charge in [0.05, 0.1) is 5.69 Å². The average Bonchev–Trinajstić information content (AvgIpc) is 2.46. The van der Waals surface area contributed by atoms with E-state index in [2.05, 4.69) is 0 Å². The van der Waals surface area contributed by atoms with Crippen molar-refractivity contribution in [2.45, 2.75) is 6.42 Å². The van der Waals surface area contributed by atoms with Crippen LogP contribution in [0.1, 0.15) is 21.5 Å². The van der Waals surface area contributed by atoms with Gasteiger partial charge in [-0.1, -0.05) is 42.5 Å². The summed E-state index contributed by atoms with van der Waals surface area (Å²) in [4.78, 5) is 25.3. The van der Waals surface area contributed by atoms with Gasteiger partial charge < -0.3 is 14.8 Å². The van der Waals surface area contributed by atoms with Crippen LogP contribution in [0.4, 0.5) is 5.69 Å². The number of carbonyl (C=O) groups excluding carboxylic acids is 2. The summed E-state index contributed by atoms with van der Waals surface area (Å²) >= 11 is 0. The number of carbonyl (C=O) groups is 2. The van der Waals surface area contributed by atoms with Gasteiger partial charge in [0.2, 0.25) is 0 Å². The number of para-hydroxylation sites is 1. The number of carboxylic acids is 1. The van der Waals surface area contributed by atoms with Crippen molar-refractivity contribution in [3.05, 3.63) is 65.2 Å². The van der Waals surface area contributed by atoms with Gasteiger partial charge in [0.1, 0.15) is 0 Å². The average molecular weight is 305 g/mol. The molecule has 0 saturated heterocycles. The van der Waals surface area contributed by atoms with Crippen LogP contribution < -0.4 is 39.6 Å². The third-order valence-electron chi connectivity index (χ3n) is 3.18. The minimum absolute atomic E-state index is 0. The van der Waals surface area contributed by atoms with E-state index >= 15 is 0 Å². The Morgan fingerprint density at radius 3 is 2.18 bits per heavy atom. The third-order valence-corrected chi connectivity index (χ3v) is 3.18. The van der Waals surface area contributed by atoms with Gasteiger partial charge in [-0.3, -0.25) is 4.79 Å². The minimum atomic E-state index is -1.16. The number of anilines is 1. The fourth-order valence-electron chi connectivity index (χ4n) is 2.35. The van der Waals surface area contributed by atoms with Crippen LogP contribution in [0.2, 0.25) is 0 Å². The molecule has 0 aliphatic heterocycles. The molecule has 0 unspecified atom stereocenters. The number of carboxylic acid groups (broad SMARTS) is 1. The summed E-state index contributed by atoms with van der Waals surface area (Å²) in [7, 11) is 3.58. The van der Waals surface area contributed by atoms with Gasteiger partial charge in [0, 0.05) is 37.6 Å². The van der Waals surface area contributed by atoms with Crippen molar-refractivity contribution >= 4 is 17.4 Å². The fraction of sp³-hybridized carbons (Fsp3) is 0.176. The van der Waals surface area contributed by atoms with Gasteiger partial charge in [-0.25, -0.2) is 0 Å². The van der Waals surface area contributed by atoms with Gasteiger partial charge in [0.15, 0.2) is 5.78 Å². The van der Waals surface area contributed by atoms with E-state index in [9.17, 15) is 14.7 Å². The van der Waals surface area contributed by atoms with E-state index in [1.165, 1.54) is 0 Å². The van der Waals surface area contributed by atoms with Crippen LogP contribution in [0.5, 0.6) is 0 Å². The normalized spacial score (nSPS) is 9.73. The van der Waals surface area contributed by atoms with Gasteiger partial charge in [-0.15, -0.1) is 0 Å². The maximum absolute atomic E-state index is 12.6. The summed E-state index contributed by atoms with van der Waals surface area (Å²) in [5, 5.41) is 10.9. The molecule has 108 valence electrons. The summed E-state index contributed by atoms with van der Waals surface area (Å²) in [5.74, 6) is -1.29. The Bertz CT molecular complexity index is 669. The molecular weight excluding hydrogens is 289 g/mol. The molecule has 2 rings (SSSR count). The van der Waals surface area contributed by atoms with E-state index < -0.39 is 5.97 Å². The molecule has 0 fully saturated rings. The summed E-state index contributed by atoms with van der Waals surface area (Å²) < 4.78 is 0. The number of rotatable bonds is 5. The molecule has 0 spiro atoms. The molecule has 22 heavy (non-hydrogen) atoms. The molecule has 2 aromatic carbocycles. The maximum atomic E-state index is 12.6. The van der Waals surface area contributed by atoms with Crippen LogP contribution in [-0.2, 0) is 11.2 Å². The first-order valence-corrected chi connectivity index (χ1v) is 6.59. The topological polar surface area (TPSA) is 60.4 Å². The van der Waals surface area contributed by atoms with Crippen molar-refractivity contribution in [2.75, 3.05) is 19.0 Å². The Kier molecular flexibility index (Phi) is 6.81. The van der Waals surface area contributed by atoms with Crippen LogP contribution in [0, 0.1) is 0 Å². The smallest absolute Gasteiger partial charge is 0.550 e. The number of hydrogen-bond donors (Lipinski definition) is 0. The van der Waals surface area contributed by atoms with Crippen LogP contribution in [0.15, 0.2) is 48.5 Å². The van der Waals surface area contributed by atoms with E-state index in [1.807, 2.05) is 6.07 Å². The molecule has 4 nitrogen and oxygen atoms in total. The number of nitrogens with zero attached hydrogens (tertiary/aromatic N) is 1. The first-order chi connectivity index (χ1) is 10.0. The molecule has 0 aliphatic rings. The van der Waals surface area contributed by atoms with Crippen LogP contribution >= 0.6 is 0 Å². The zero-order chi connectivity index (χ0) is 15.4. The first-order valence-electron chi connectivity index (χ1n) is 6.59. The summed E-state index contributed by atoms with van der Waals surface area (Å²) in [5.41, 5.74) is 2.26. The van der Waals surface area contributed by atoms with Gasteiger partial charge in [0.25, 0.3) is 0 Å². The summed E-state index contributed by atoms with van der Waals surface area (Å²) in [6.07, 6.45) is -0.219. The second-order valence-corrected chi connectivity index (χ2v) is 4.95. The third kappa shape index (κ3) is 4.19. The van der Waals surface area contributed by atoms with Crippen molar-refractivity contribution in [3.63, 3.8) is 0 Å². The zero-order valence-electron chi connectivity index (χ0n) is 13.0. The number of ketones is 1. The molecule has 0 amide bonds. The van der Waals surface area contributed by atoms with Crippen molar-refractivity contribution in [2.24, 2.45) is 0 Å². The Morgan fingerprint density at radius 1 is 1.00 bits per heavy atom. The SMILES string of the molecule is CN(C)c1c(CC(=O)[O-])cccc1C(=O)c1ccccc1.[Na+]. The zero-order valence-corrected chi connectivity index (χ0v) is 15.0. The molecule has 2 aromatic rings. The monoisotopic (exact) mass is 305 g/mol. The number of benzene rings is 2. The second-order valence-electron chi connectivity index (χ2n) is 4.95. The molecule has 0 heterocycles. The van der Waals surface area contributed by atoms with E-state index in [-0.39, 0.29) is 41.8 Å². The molecule has 0 aliphatic carbocycles. The fourth-order valence-corrected chi connectivity index (χ4v) is 2.35. The summed E-state index contributed by atoms with van der Waals surface area (Å²) in [6, 6.07) is 14.0. The Labute approximate surface area is 152 Å². The van der Waals surface area contributed by atoms with Gasteiger partial charge >= 0.3 is 29.6 Å². The predicted octanol–water partition coefficient (Wildman–Crippen LogP) is -1.72. The second kappa shape index (κ2) is 8.13. The molecule has 0 atom stereocenters. The van der Waals surface area contributed by atoms with E-state index in [1.54, 1.807) is 61.5 Å². The molecule has 0 N–H and O–H groups in total. The summed E-state index contributed by atoms with van der Waals surface area (Å²) in [6.45, 7) is 0. The standard InChI is InChI=1S/C17H17NO3.Na/c1-18(2)16-13(11-15(19)20)9-6-10-14(16)17(21)12-7-4-3-5-8-12;/h3-10H,11H2,1-2H3,(H,19,20);/q;+1/p-1. The van der Waals surface area contributed by atoms with Gasteiger partial charge in [-0.05, 0) is 11.6 Å². The molecule has 5 heteroatoms. The molecular formula is C17H16NNaO3. The van der Waals surface area contributed by atoms with Crippen LogP contribution in [0.25, 0.3) is 0 Å². The van der Waals surface area contributed by atoms with Crippen molar-refractivity contribution in [1.82, 2.24) is 0 Å². The quantitative estimate of drug-likeness (QED) is 0.487. The van der Waals surface area contributed by atoms with Crippen LogP contribution in [0.3, 0.4) is 0 Å². The van der Waals surface area contributed by atoms with E-state index in [0.29, 0.717) is 22.4 Å². The Morgan fingerprint density at radius 2 is 1.64 bits per heavy atom. The van der Waals surface area contributed by atoms with Gasteiger partial charge in [-0.2, -0.15) is 0 Å². The Balaban J connectivity index is 0.00000242. The number of aliphatic carboxylic acids is 1. The molecule has 0 saturated carbocycles. The van der Waals surface area contributed by atoms with Crippen molar-refractivity contribution in [3.8, 4) is 0 Å². The van der Waals surface area contributed by atoms with Crippen molar-refractivity contribution in [1.29, 1.82) is 0 Å². The van der Waals surface area contributed by atoms with Crippen LogP contribution in [-0.4, -0.2) is 25.8 Å². The van der Waals surface area contributed by atoms with E-state index in [4.69, 9.17) is 0 Å². The molecule has 0 aromatic heterocycles. The number of hydrogen-bond acceptors (Lipinski definition) is 4. The minimum Gasteiger partial charge on any atom is -0.550 e. The maximum Gasteiger partial charge on any atom is 1.00 e. The van der Waals surface area contributed by atoms with E-state index in [0.717, 1.165) is 0 Å². The molecule has 0 bridgehead atoms. The molecule has 0 radical (unpaired) electrons. The Hall–Kier alpha value is -1.62.